The minimum atomic E-state index is -0.548. The quantitative estimate of drug-likeness (QED) is 0.699. The highest BCUT2D eigenvalue weighted by Crippen LogP contribution is 2.16. The maximum absolute atomic E-state index is 13.5. The van der Waals surface area contributed by atoms with Gasteiger partial charge in [-0.1, -0.05) is 6.92 Å². The molecule has 0 bridgehead atoms. The Morgan fingerprint density at radius 3 is 2.70 bits per heavy atom. The van der Waals surface area contributed by atoms with Crippen LogP contribution in [0.15, 0.2) is 53.7 Å². The van der Waals surface area contributed by atoms with Gasteiger partial charge in [-0.15, -0.1) is 0 Å². The lowest BCUT2D eigenvalue weighted by Gasteiger charge is -2.30. The molecule has 2 aromatic heterocycles. The number of pyridine rings is 2. The molecule has 2 N–H and O–H groups in total. The summed E-state index contributed by atoms with van der Waals surface area (Å²) in [5.41, 5.74) is 0.649. The van der Waals surface area contributed by atoms with Crippen molar-refractivity contribution in [3.8, 4) is 0 Å². The summed E-state index contributed by atoms with van der Waals surface area (Å²) < 4.78 is 13.5. The molecule has 2 heterocycles. The molecule has 0 saturated heterocycles. The van der Waals surface area contributed by atoms with Gasteiger partial charge in [0.25, 0.3) is 5.91 Å². The fraction of sp³-hybridized carbons (Fsp3) is 0.250. The smallest absolute Gasteiger partial charge is 0.259 e. The van der Waals surface area contributed by atoms with E-state index in [1.165, 1.54) is 23.2 Å². The van der Waals surface area contributed by atoms with Gasteiger partial charge in [-0.2, -0.15) is 0 Å². The Balaban J connectivity index is 2.04. The number of aromatic nitrogens is 2. The molecule has 1 amide bonds. The zero-order valence-corrected chi connectivity index (χ0v) is 14.9. The van der Waals surface area contributed by atoms with Crippen molar-refractivity contribution in [2.24, 2.45) is 0 Å². The molecule has 140 valence electrons. The molecule has 0 aliphatic heterocycles. The van der Waals surface area contributed by atoms with Crippen LogP contribution in [0.1, 0.15) is 29.3 Å². The number of aliphatic hydroxyl groups excluding tert-OH is 1. The minimum Gasteiger partial charge on any atom is -0.394 e. The van der Waals surface area contributed by atoms with Crippen LogP contribution >= 0.6 is 0 Å². The zero-order valence-electron chi connectivity index (χ0n) is 14.9. The number of hydrogen-bond acceptors (Lipinski definition) is 4. The first-order valence-corrected chi connectivity index (χ1v) is 8.66. The fourth-order valence-corrected chi connectivity index (χ4v) is 3.00. The van der Waals surface area contributed by atoms with Gasteiger partial charge >= 0.3 is 0 Å². The molecule has 1 unspecified atom stereocenters. The van der Waals surface area contributed by atoms with Crippen LogP contribution in [0.25, 0.3) is 10.9 Å². The Bertz CT molecular complexity index is 1000. The number of carbonyl (C=O) groups is 1. The standard InChI is InChI=1S/C20H20FN3O3/c1-2-15(12-25)24(11-13-5-7-22-8-6-13)20(27)17-10-23-18-4-3-14(21)9-16(18)19(17)26/h3-10,15,25H,2,11-12H2,1H3,(H,23,26). The highest BCUT2D eigenvalue weighted by atomic mass is 19.1. The summed E-state index contributed by atoms with van der Waals surface area (Å²) in [6.45, 7) is 1.85. The summed E-state index contributed by atoms with van der Waals surface area (Å²) in [5, 5.41) is 9.82. The van der Waals surface area contributed by atoms with E-state index in [4.69, 9.17) is 0 Å². The molecule has 0 radical (unpaired) electrons. The Labute approximate surface area is 155 Å². The number of aliphatic hydroxyl groups is 1. The lowest BCUT2D eigenvalue weighted by molar-refractivity contribution is 0.0562. The number of amides is 1. The van der Waals surface area contributed by atoms with Gasteiger partial charge in [-0.25, -0.2) is 4.39 Å². The van der Waals surface area contributed by atoms with Crippen molar-refractivity contribution >= 4 is 16.8 Å². The summed E-state index contributed by atoms with van der Waals surface area (Å²) in [6.07, 6.45) is 5.09. The summed E-state index contributed by atoms with van der Waals surface area (Å²) in [6, 6.07) is 6.90. The first kappa shape index (κ1) is 18.7. The average molecular weight is 369 g/mol. The Kier molecular flexibility index (Phi) is 5.61. The second-order valence-corrected chi connectivity index (χ2v) is 6.25. The molecule has 6 nitrogen and oxygen atoms in total. The third-order valence-electron chi connectivity index (χ3n) is 4.56. The maximum Gasteiger partial charge on any atom is 0.259 e. The number of rotatable bonds is 6. The highest BCUT2D eigenvalue weighted by Gasteiger charge is 2.26. The molecule has 0 fully saturated rings. The van der Waals surface area contributed by atoms with E-state index in [0.29, 0.717) is 11.9 Å². The fourth-order valence-electron chi connectivity index (χ4n) is 3.00. The summed E-state index contributed by atoms with van der Waals surface area (Å²) >= 11 is 0. The van der Waals surface area contributed by atoms with E-state index in [-0.39, 0.29) is 24.1 Å². The first-order chi connectivity index (χ1) is 13.0. The first-order valence-electron chi connectivity index (χ1n) is 8.66. The van der Waals surface area contributed by atoms with Crippen LogP contribution in [0.4, 0.5) is 4.39 Å². The molecule has 3 rings (SSSR count). The third kappa shape index (κ3) is 3.88. The van der Waals surface area contributed by atoms with E-state index in [0.717, 1.165) is 11.6 Å². The summed E-state index contributed by atoms with van der Waals surface area (Å²) in [5.74, 6) is -1.06. The summed E-state index contributed by atoms with van der Waals surface area (Å²) in [7, 11) is 0. The predicted octanol–water partition coefficient (Wildman–Crippen LogP) is 2.48. The van der Waals surface area contributed by atoms with Gasteiger partial charge in [0.2, 0.25) is 5.43 Å². The topological polar surface area (TPSA) is 86.3 Å². The van der Waals surface area contributed by atoms with Gasteiger partial charge < -0.3 is 15.0 Å². The van der Waals surface area contributed by atoms with Crippen LogP contribution < -0.4 is 5.43 Å². The van der Waals surface area contributed by atoms with E-state index in [1.807, 2.05) is 6.92 Å². The lowest BCUT2D eigenvalue weighted by atomic mass is 10.1. The van der Waals surface area contributed by atoms with Gasteiger partial charge in [-0.05, 0) is 42.3 Å². The molecule has 3 aromatic rings. The van der Waals surface area contributed by atoms with Gasteiger partial charge in [-0.3, -0.25) is 14.6 Å². The monoisotopic (exact) mass is 369 g/mol. The van der Waals surface area contributed by atoms with E-state index in [9.17, 15) is 19.1 Å². The van der Waals surface area contributed by atoms with Crippen molar-refractivity contribution in [1.82, 2.24) is 14.9 Å². The lowest BCUT2D eigenvalue weighted by Crippen LogP contribution is -2.43. The van der Waals surface area contributed by atoms with Gasteiger partial charge in [0.15, 0.2) is 0 Å². The number of aromatic amines is 1. The van der Waals surface area contributed by atoms with Gasteiger partial charge in [0.1, 0.15) is 11.4 Å². The van der Waals surface area contributed by atoms with Gasteiger partial charge in [0, 0.05) is 36.0 Å². The van der Waals surface area contributed by atoms with Crippen molar-refractivity contribution < 1.29 is 14.3 Å². The molecular formula is C20H20FN3O3. The summed E-state index contributed by atoms with van der Waals surface area (Å²) in [4.78, 5) is 34.2. The molecule has 27 heavy (non-hydrogen) atoms. The van der Waals surface area contributed by atoms with Crippen LogP contribution in [-0.2, 0) is 6.54 Å². The number of halogens is 1. The van der Waals surface area contributed by atoms with E-state index < -0.39 is 23.2 Å². The largest absolute Gasteiger partial charge is 0.394 e. The minimum absolute atomic E-state index is 0.0888. The Hall–Kier alpha value is -3.06. The van der Waals surface area contributed by atoms with Crippen molar-refractivity contribution in [1.29, 1.82) is 0 Å². The van der Waals surface area contributed by atoms with Crippen molar-refractivity contribution in [3.63, 3.8) is 0 Å². The van der Waals surface area contributed by atoms with Crippen LogP contribution in [0.2, 0.25) is 0 Å². The Morgan fingerprint density at radius 1 is 1.30 bits per heavy atom. The van der Waals surface area contributed by atoms with Crippen LogP contribution in [-0.4, -0.2) is 38.5 Å². The Morgan fingerprint density at radius 2 is 2.04 bits per heavy atom. The molecule has 0 saturated carbocycles. The van der Waals surface area contributed by atoms with Crippen molar-refractivity contribution in [3.05, 3.63) is 76.1 Å². The van der Waals surface area contributed by atoms with Crippen LogP contribution in [0.3, 0.4) is 0 Å². The molecule has 0 aliphatic rings. The van der Waals surface area contributed by atoms with Crippen molar-refractivity contribution in [2.75, 3.05) is 6.61 Å². The maximum atomic E-state index is 13.5. The third-order valence-corrected chi connectivity index (χ3v) is 4.56. The van der Waals surface area contributed by atoms with Gasteiger partial charge in [0.05, 0.1) is 12.6 Å². The zero-order chi connectivity index (χ0) is 19.4. The highest BCUT2D eigenvalue weighted by molar-refractivity contribution is 5.97. The van der Waals surface area contributed by atoms with Crippen LogP contribution in [0.5, 0.6) is 0 Å². The van der Waals surface area contributed by atoms with E-state index in [2.05, 4.69) is 9.97 Å². The molecular weight excluding hydrogens is 349 g/mol. The molecule has 1 aromatic carbocycles. The molecule has 0 spiro atoms. The van der Waals surface area contributed by atoms with E-state index >= 15 is 0 Å². The number of H-pyrrole nitrogens is 1. The predicted molar refractivity (Wildman–Crippen MR) is 99.8 cm³/mol. The number of carbonyl (C=O) groups excluding carboxylic acids is 1. The number of benzene rings is 1. The number of hydrogen-bond donors (Lipinski definition) is 2. The van der Waals surface area contributed by atoms with E-state index in [1.54, 1.807) is 24.5 Å². The molecule has 7 heteroatoms. The normalized spacial score (nSPS) is 12.1. The number of nitrogens with zero attached hydrogens (tertiary/aromatic N) is 2. The average Bonchev–Trinajstić information content (AvgIpc) is 2.69. The SMILES string of the molecule is CCC(CO)N(Cc1ccncc1)C(=O)c1c[nH]c2ccc(F)cc2c1=O. The number of fused-ring (bicyclic) bond motifs is 1. The molecule has 1 atom stereocenters. The molecule has 0 aliphatic carbocycles. The van der Waals surface area contributed by atoms with Crippen LogP contribution in [0, 0.1) is 5.82 Å². The number of nitrogens with one attached hydrogen (secondary N) is 1. The second kappa shape index (κ2) is 8.09. The second-order valence-electron chi connectivity index (χ2n) is 6.25. The van der Waals surface area contributed by atoms with Crippen molar-refractivity contribution in [2.45, 2.75) is 25.9 Å².